The molecule has 3 fully saturated rings. The Balaban J connectivity index is 1.54. The number of ether oxygens (including phenoxy) is 2. The van der Waals surface area contributed by atoms with Crippen LogP contribution in [0.4, 0.5) is 0 Å². The minimum atomic E-state index is -0.948. The Bertz CT molecular complexity index is 986. The Morgan fingerprint density at radius 1 is 1.19 bits per heavy atom. The van der Waals surface area contributed by atoms with Crippen LogP contribution in [-0.4, -0.2) is 47.8 Å². The van der Waals surface area contributed by atoms with E-state index in [1.165, 1.54) is 0 Å². The van der Waals surface area contributed by atoms with Crippen molar-refractivity contribution < 1.29 is 19.4 Å². The second-order valence-corrected chi connectivity index (χ2v) is 8.62. The molecule has 0 saturated carbocycles. The van der Waals surface area contributed by atoms with Crippen LogP contribution in [0.5, 0.6) is 5.75 Å². The predicted molar refractivity (Wildman–Crippen MR) is 123 cm³/mol. The quantitative estimate of drug-likeness (QED) is 0.534. The van der Waals surface area contributed by atoms with Crippen LogP contribution in [0.3, 0.4) is 0 Å². The summed E-state index contributed by atoms with van der Waals surface area (Å²) in [6, 6.07) is 15.7. The molecule has 0 amide bonds. The lowest BCUT2D eigenvalue weighted by Crippen LogP contribution is -2.58. The van der Waals surface area contributed by atoms with Crippen molar-refractivity contribution in [3.8, 4) is 17.6 Å². The molecule has 0 aromatic heterocycles. The van der Waals surface area contributed by atoms with E-state index in [-0.39, 0.29) is 11.9 Å². The number of nitrogens with zero attached hydrogens (tertiary/aromatic N) is 1. The van der Waals surface area contributed by atoms with Crippen LogP contribution in [0.1, 0.15) is 42.9 Å². The van der Waals surface area contributed by atoms with E-state index >= 15 is 0 Å². The average molecular weight is 434 g/mol. The number of carbonyl (C=O) groups excluding carboxylic acids is 1. The van der Waals surface area contributed by atoms with Crippen molar-refractivity contribution >= 4 is 5.97 Å². The molecular weight excluding hydrogens is 402 g/mol. The summed E-state index contributed by atoms with van der Waals surface area (Å²) < 4.78 is 11.0. The van der Waals surface area contributed by atoms with E-state index in [4.69, 9.17) is 9.47 Å². The van der Waals surface area contributed by atoms with Gasteiger partial charge < -0.3 is 14.6 Å². The molecular formula is C27H31NO4. The number of fused-ring (bicyclic) bond motifs is 3. The van der Waals surface area contributed by atoms with E-state index in [0.717, 1.165) is 48.4 Å². The monoisotopic (exact) mass is 433 g/mol. The molecule has 32 heavy (non-hydrogen) atoms. The molecule has 2 aromatic carbocycles. The fourth-order valence-electron chi connectivity index (χ4n) is 4.56. The van der Waals surface area contributed by atoms with Gasteiger partial charge in [0.2, 0.25) is 0 Å². The van der Waals surface area contributed by atoms with Crippen LogP contribution in [-0.2, 0) is 22.6 Å². The van der Waals surface area contributed by atoms with Gasteiger partial charge in [0.05, 0.1) is 6.61 Å². The normalized spacial score (nSPS) is 23.8. The van der Waals surface area contributed by atoms with Gasteiger partial charge in [-0.15, -0.1) is 0 Å². The van der Waals surface area contributed by atoms with E-state index < -0.39 is 5.60 Å². The molecule has 2 bridgehead atoms. The smallest absolute Gasteiger partial charge is 0.306 e. The number of aryl methyl sites for hydroxylation is 1. The van der Waals surface area contributed by atoms with Crippen LogP contribution in [0.15, 0.2) is 48.5 Å². The maximum atomic E-state index is 11.8. The molecule has 3 heterocycles. The first-order chi connectivity index (χ1) is 15.6. The summed E-state index contributed by atoms with van der Waals surface area (Å²) in [6.07, 6.45) is 2.95. The SMILES string of the molecule is CCOC(=O)CCc1ccc(C#CC2(O)CN3CCC2CC3)c(COc2ccccc2)c1. The van der Waals surface area contributed by atoms with Crippen LogP contribution in [0.25, 0.3) is 0 Å². The largest absolute Gasteiger partial charge is 0.489 e. The van der Waals surface area contributed by atoms with Gasteiger partial charge in [0.25, 0.3) is 0 Å². The Morgan fingerprint density at radius 3 is 2.66 bits per heavy atom. The highest BCUT2D eigenvalue weighted by molar-refractivity contribution is 5.69. The van der Waals surface area contributed by atoms with Crippen LogP contribution >= 0.6 is 0 Å². The van der Waals surface area contributed by atoms with Crippen LogP contribution < -0.4 is 4.74 Å². The zero-order valence-electron chi connectivity index (χ0n) is 18.7. The summed E-state index contributed by atoms with van der Waals surface area (Å²) in [5.41, 5.74) is 1.89. The van der Waals surface area contributed by atoms with Gasteiger partial charge in [-0.1, -0.05) is 42.2 Å². The Morgan fingerprint density at radius 2 is 1.97 bits per heavy atom. The second-order valence-electron chi connectivity index (χ2n) is 8.62. The second kappa shape index (κ2) is 10.2. The molecule has 0 spiro atoms. The topological polar surface area (TPSA) is 59.0 Å². The highest BCUT2D eigenvalue weighted by atomic mass is 16.5. The molecule has 5 heteroatoms. The van der Waals surface area contributed by atoms with Crippen LogP contribution in [0.2, 0.25) is 0 Å². The predicted octanol–water partition coefficient (Wildman–Crippen LogP) is 3.57. The molecule has 3 saturated heterocycles. The zero-order valence-corrected chi connectivity index (χ0v) is 18.7. The molecule has 2 aromatic rings. The molecule has 0 aliphatic carbocycles. The van der Waals surface area contributed by atoms with Crippen molar-refractivity contribution in [1.82, 2.24) is 4.90 Å². The maximum absolute atomic E-state index is 11.8. The van der Waals surface area contributed by atoms with Crippen molar-refractivity contribution in [1.29, 1.82) is 0 Å². The third-order valence-corrected chi connectivity index (χ3v) is 6.37. The summed E-state index contributed by atoms with van der Waals surface area (Å²) in [5, 5.41) is 11.2. The fraction of sp³-hybridized carbons (Fsp3) is 0.444. The molecule has 168 valence electrons. The van der Waals surface area contributed by atoms with E-state index in [0.29, 0.717) is 32.6 Å². The minimum Gasteiger partial charge on any atom is -0.489 e. The van der Waals surface area contributed by atoms with Gasteiger partial charge in [-0.05, 0) is 63.0 Å². The standard InChI is InChI=1S/C27H31NO4/c1-2-31-26(29)11-9-21-8-10-22(23(18-21)19-32-25-6-4-3-5-7-25)12-15-27(30)20-28-16-13-24(27)14-17-28/h3-8,10,18,24,30H,2,9,11,13-14,16-17,19-20H2,1H3. The van der Waals surface area contributed by atoms with E-state index in [1.54, 1.807) is 0 Å². The van der Waals surface area contributed by atoms with Gasteiger partial charge in [-0.25, -0.2) is 0 Å². The van der Waals surface area contributed by atoms with Crippen molar-refractivity contribution in [3.05, 3.63) is 65.2 Å². The number of piperidine rings is 3. The molecule has 1 atom stereocenters. The van der Waals surface area contributed by atoms with Gasteiger partial charge in [-0.3, -0.25) is 9.69 Å². The van der Waals surface area contributed by atoms with E-state index in [9.17, 15) is 9.90 Å². The fourth-order valence-corrected chi connectivity index (χ4v) is 4.56. The number of hydrogen-bond donors (Lipinski definition) is 1. The molecule has 5 nitrogen and oxygen atoms in total. The lowest BCUT2D eigenvalue weighted by molar-refractivity contribution is -0.143. The Kier molecular flexibility index (Phi) is 7.14. The van der Waals surface area contributed by atoms with Gasteiger partial charge in [0.15, 0.2) is 0 Å². The molecule has 0 radical (unpaired) electrons. The maximum Gasteiger partial charge on any atom is 0.306 e. The van der Waals surface area contributed by atoms with Gasteiger partial charge >= 0.3 is 5.97 Å². The minimum absolute atomic E-state index is 0.192. The molecule has 1 N–H and O–H groups in total. The molecule has 3 aliphatic heterocycles. The third kappa shape index (κ3) is 5.51. The highest BCUT2D eigenvalue weighted by Crippen LogP contribution is 2.35. The number of esters is 1. The Hall–Kier alpha value is -2.81. The summed E-state index contributed by atoms with van der Waals surface area (Å²) in [7, 11) is 0. The summed E-state index contributed by atoms with van der Waals surface area (Å²) >= 11 is 0. The first-order valence-corrected chi connectivity index (χ1v) is 11.5. The van der Waals surface area contributed by atoms with Gasteiger partial charge in [-0.2, -0.15) is 0 Å². The summed E-state index contributed by atoms with van der Waals surface area (Å²) in [4.78, 5) is 14.1. The van der Waals surface area contributed by atoms with Crippen molar-refractivity contribution in [3.63, 3.8) is 0 Å². The van der Waals surface area contributed by atoms with Gasteiger partial charge in [0.1, 0.15) is 18.0 Å². The molecule has 1 unspecified atom stereocenters. The van der Waals surface area contributed by atoms with Crippen molar-refractivity contribution in [2.45, 2.75) is 44.8 Å². The lowest BCUT2D eigenvalue weighted by Gasteiger charge is -2.47. The number of benzene rings is 2. The van der Waals surface area contributed by atoms with Crippen LogP contribution in [0, 0.1) is 17.8 Å². The lowest BCUT2D eigenvalue weighted by atomic mass is 9.75. The first kappa shape index (κ1) is 22.4. The van der Waals surface area contributed by atoms with Crippen molar-refractivity contribution in [2.24, 2.45) is 5.92 Å². The molecule has 3 aliphatic rings. The number of carbonyl (C=O) groups is 1. The van der Waals surface area contributed by atoms with E-state index in [2.05, 4.69) is 16.7 Å². The number of para-hydroxylation sites is 1. The zero-order chi connectivity index (χ0) is 22.4. The molecule has 5 rings (SSSR count). The first-order valence-electron chi connectivity index (χ1n) is 11.5. The average Bonchev–Trinajstić information content (AvgIpc) is 2.82. The summed E-state index contributed by atoms with van der Waals surface area (Å²) in [5.74, 6) is 7.31. The van der Waals surface area contributed by atoms with Gasteiger partial charge in [0, 0.05) is 30.0 Å². The van der Waals surface area contributed by atoms with Crippen molar-refractivity contribution in [2.75, 3.05) is 26.2 Å². The third-order valence-electron chi connectivity index (χ3n) is 6.37. The highest BCUT2D eigenvalue weighted by Gasteiger charge is 2.44. The number of aliphatic hydroxyl groups is 1. The Labute approximate surface area is 190 Å². The number of rotatable bonds is 7. The number of hydrogen-bond acceptors (Lipinski definition) is 5. The summed E-state index contributed by atoms with van der Waals surface area (Å²) in [6.45, 7) is 5.31. The van der Waals surface area contributed by atoms with E-state index in [1.807, 2.05) is 55.5 Å².